The minimum atomic E-state index is -0.522. The van der Waals surface area contributed by atoms with E-state index in [1.807, 2.05) is 31.3 Å². The number of carbonyl (C=O) groups is 1. The Balaban J connectivity index is 1.64. The highest BCUT2D eigenvalue weighted by Gasteiger charge is 2.14. The highest BCUT2D eigenvalue weighted by Crippen LogP contribution is 2.32. The third kappa shape index (κ3) is 5.14. The average Bonchev–Trinajstić information content (AvgIpc) is 3.11. The number of benzene rings is 2. The van der Waals surface area contributed by atoms with Crippen molar-refractivity contribution in [2.45, 2.75) is 4.90 Å². The van der Waals surface area contributed by atoms with Crippen molar-refractivity contribution < 1.29 is 13.9 Å². The van der Waals surface area contributed by atoms with E-state index in [1.165, 1.54) is 41.2 Å². The lowest BCUT2D eigenvalue weighted by Gasteiger charge is -2.17. The van der Waals surface area contributed by atoms with Gasteiger partial charge in [0.2, 0.25) is 5.06 Å². The number of urea groups is 1. The fraction of sp³-hybridized carbons (Fsp3) is 0.111. The molecule has 10 heteroatoms. The highest BCUT2D eigenvalue weighted by atomic mass is 35.5. The summed E-state index contributed by atoms with van der Waals surface area (Å²) in [5, 5.41) is 3.51. The molecule has 0 saturated carbocycles. The zero-order chi connectivity index (χ0) is 20.1. The van der Waals surface area contributed by atoms with E-state index in [0.29, 0.717) is 15.9 Å². The Kier molecular flexibility index (Phi) is 6.74. The van der Waals surface area contributed by atoms with Gasteiger partial charge in [-0.25, -0.2) is 14.2 Å². The van der Waals surface area contributed by atoms with Gasteiger partial charge in [0.1, 0.15) is 11.6 Å². The maximum atomic E-state index is 13.2. The molecule has 2 amide bonds. The van der Waals surface area contributed by atoms with Gasteiger partial charge in [-0.1, -0.05) is 29.0 Å². The van der Waals surface area contributed by atoms with Crippen LogP contribution >= 0.6 is 34.9 Å². The van der Waals surface area contributed by atoms with E-state index in [2.05, 4.69) is 15.0 Å². The fourth-order valence-corrected chi connectivity index (χ4v) is 3.60. The quantitative estimate of drug-likeness (QED) is 0.489. The van der Waals surface area contributed by atoms with Gasteiger partial charge in [-0.15, -0.1) is 0 Å². The van der Waals surface area contributed by atoms with Crippen LogP contribution in [0.15, 0.2) is 53.6 Å². The van der Waals surface area contributed by atoms with E-state index >= 15 is 0 Å². The summed E-state index contributed by atoms with van der Waals surface area (Å²) in [4.78, 5) is 19.1. The SMILES string of the molecule is CNSc1cccc(N(C)C(=O)Nc2ncc(Oc3ccc(F)c(Cl)c3)s2)c1. The number of amides is 2. The van der Waals surface area contributed by atoms with Crippen molar-refractivity contribution in [3.63, 3.8) is 0 Å². The van der Waals surface area contributed by atoms with Crippen LogP contribution in [0.4, 0.5) is 20.0 Å². The van der Waals surface area contributed by atoms with Gasteiger partial charge in [-0.05, 0) is 49.3 Å². The van der Waals surface area contributed by atoms with E-state index in [9.17, 15) is 9.18 Å². The molecule has 1 aromatic heterocycles. The molecule has 0 unspecified atom stereocenters. The second kappa shape index (κ2) is 9.24. The average molecular weight is 439 g/mol. The third-order valence-corrected chi connectivity index (χ3v) is 5.31. The minimum absolute atomic E-state index is 0.0316. The standard InChI is InChI=1S/C18H16ClFN4O2S2/c1-21-28-13-5-3-4-11(8-13)24(2)18(25)23-17-22-10-16(27-17)26-12-6-7-15(20)14(19)9-12/h3-10,21H,1-2H3,(H,22,23,25). The number of rotatable bonds is 6. The first-order chi connectivity index (χ1) is 13.5. The van der Waals surface area contributed by atoms with Crippen molar-refractivity contribution in [1.29, 1.82) is 0 Å². The summed E-state index contributed by atoms with van der Waals surface area (Å²) in [6.07, 6.45) is 1.47. The van der Waals surface area contributed by atoms with Crippen LogP contribution in [0.2, 0.25) is 5.02 Å². The molecule has 0 fully saturated rings. The van der Waals surface area contributed by atoms with Gasteiger partial charge in [-0.2, -0.15) is 0 Å². The predicted octanol–water partition coefficient (Wildman–Crippen LogP) is 5.62. The molecule has 3 rings (SSSR count). The van der Waals surface area contributed by atoms with Crippen molar-refractivity contribution in [2.75, 3.05) is 24.3 Å². The molecule has 0 spiro atoms. The van der Waals surface area contributed by atoms with E-state index < -0.39 is 5.82 Å². The molecule has 146 valence electrons. The molecule has 0 bridgehead atoms. The minimum Gasteiger partial charge on any atom is -0.445 e. The monoisotopic (exact) mass is 438 g/mol. The number of nitrogens with one attached hydrogen (secondary N) is 2. The second-order valence-corrected chi connectivity index (χ2v) is 7.94. The van der Waals surface area contributed by atoms with Crippen LogP contribution in [0.1, 0.15) is 0 Å². The Morgan fingerprint density at radius 3 is 2.89 bits per heavy atom. The summed E-state index contributed by atoms with van der Waals surface area (Å²) in [6.45, 7) is 0. The fourth-order valence-electron chi connectivity index (χ4n) is 2.19. The smallest absolute Gasteiger partial charge is 0.327 e. The van der Waals surface area contributed by atoms with Crippen LogP contribution < -0.4 is 19.7 Å². The van der Waals surface area contributed by atoms with Crippen LogP contribution in [0.5, 0.6) is 10.8 Å². The Bertz CT molecular complexity index is 986. The zero-order valence-corrected chi connectivity index (χ0v) is 17.3. The molecule has 0 aliphatic carbocycles. The highest BCUT2D eigenvalue weighted by molar-refractivity contribution is 7.97. The molecular formula is C18H16ClFN4O2S2. The van der Waals surface area contributed by atoms with Crippen molar-refractivity contribution in [3.8, 4) is 10.8 Å². The topological polar surface area (TPSA) is 66.5 Å². The molecule has 0 radical (unpaired) electrons. The van der Waals surface area contributed by atoms with Gasteiger partial charge in [0.15, 0.2) is 5.13 Å². The van der Waals surface area contributed by atoms with Crippen molar-refractivity contribution >= 4 is 51.7 Å². The first-order valence-corrected chi connectivity index (χ1v) is 10.0. The second-order valence-electron chi connectivity index (χ2n) is 5.46. The molecular weight excluding hydrogens is 423 g/mol. The normalized spacial score (nSPS) is 10.6. The van der Waals surface area contributed by atoms with Crippen molar-refractivity contribution in [2.24, 2.45) is 0 Å². The van der Waals surface area contributed by atoms with E-state index in [1.54, 1.807) is 7.05 Å². The summed E-state index contributed by atoms with van der Waals surface area (Å²) in [7, 11) is 3.50. The van der Waals surface area contributed by atoms with E-state index in [4.69, 9.17) is 16.3 Å². The zero-order valence-electron chi connectivity index (χ0n) is 14.9. The largest absolute Gasteiger partial charge is 0.445 e. The number of thiazole rings is 1. The van der Waals surface area contributed by atoms with Gasteiger partial charge < -0.3 is 4.74 Å². The number of hydrogen-bond acceptors (Lipinski definition) is 6. The lowest BCUT2D eigenvalue weighted by Crippen LogP contribution is -2.31. The Morgan fingerprint density at radius 2 is 2.14 bits per heavy atom. The van der Waals surface area contributed by atoms with Crippen LogP contribution in [-0.2, 0) is 0 Å². The van der Waals surface area contributed by atoms with E-state index in [0.717, 1.165) is 21.9 Å². The Labute approximate surface area is 174 Å². The number of carbonyl (C=O) groups excluding carboxylic acids is 1. The van der Waals surface area contributed by atoms with Gasteiger partial charge in [0, 0.05) is 23.7 Å². The first kappa shape index (κ1) is 20.4. The van der Waals surface area contributed by atoms with Crippen LogP contribution in [0, 0.1) is 5.82 Å². The molecule has 2 N–H and O–H groups in total. The molecule has 0 aliphatic heterocycles. The number of anilines is 2. The number of nitrogens with zero attached hydrogens (tertiary/aromatic N) is 2. The van der Waals surface area contributed by atoms with Gasteiger partial charge >= 0.3 is 6.03 Å². The number of ether oxygens (including phenoxy) is 1. The van der Waals surface area contributed by atoms with Gasteiger partial charge in [-0.3, -0.25) is 14.9 Å². The summed E-state index contributed by atoms with van der Waals surface area (Å²) >= 11 is 8.35. The molecule has 1 heterocycles. The third-order valence-electron chi connectivity index (χ3n) is 3.54. The number of hydrogen-bond donors (Lipinski definition) is 2. The summed E-state index contributed by atoms with van der Waals surface area (Å²) < 4.78 is 21.8. The summed E-state index contributed by atoms with van der Waals surface area (Å²) in [6, 6.07) is 11.3. The number of halogens is 2. The Hall–Kier alpha value is -2.33. The van der Waals surface area contributed by atoms with Crippen molar-refractivity contribution in [3.05, 3.63) is 59.5 Å². The number of aromatic nitrogens is 1. The molecule has 2 aromatic carbocycles. The maximum Gasteiger partial charge on any atom is 0.327 e. The maximum absolute atomic E-state index is 13.2. The molecule has 0 atom stereocenters. The van der Waals surface area contributed by atoms with Crippen LogP contribution in [0.25, 0.3) is 0 Å². The first-order valence-electron chi connectivity index (χ1n) is 8.03. The molecule has 0 saturated heterocycles. The molecule has 0 aliphatic rings. The lowest BCUT2D eigenvalue weighted by molar-refractivity contribution is 0.258. The predicted molar refractivity (Wildman–Crippen MR) is 112 cm³/mol. The van der Waals surface area contributed by atoms with E-state index in [-0.39, 0.29) is 11.1 Å². The molecule has 6 nitrogen and oxygen atoms in total. The molecule has 3 aromatic rings. The van der Waals surface area contributed by atoms with Crippen LogP contribution in [-0.4, -0.2) is 25.1 Å². The molecule has 28 heavy (non-hydrogen) atoms. The summed E-state index contributed by atoms with van der Waals surface area (Å²) in [5.41, 5.74) is 0.742. The Morgan fingerprint density at radius 1 is 1.32 bits per heavy atom. The lowest BCUT2D eigenvalue weighted by atomic mass is 10.3. The summed E-state index contributed by atoms with van der Waals surface area (Å²) in [5.74, 6) is -0.143. The van der Waals surface area contributed by atoms with Gasteiger partial charge in [0.25, 0.3) is 0 Å². The van der Waals surface area contributed by atoms with Crippen molar-refractivity contribution in [1.82, 2.24) is 9.71 Å². The van der Waals surface area contributed by atoms with Gasteiger partial charge in [0.05, 0.1) is 11.2 Å². The van der Waals surface area contributed by atoms with Crippen LogP contribution in [0.3, 0.4) is 0 Å².